The Balaban J connectivity index is 2.01. The second kappa shape index (κ2) is 5.27. The molecule has 25 heavy (non-hydrogen) atoms. The highest BCUT2D eigenvalue weighted by molar-refractivity contribution is 6.33. The van der Waals surface area contributed by atoms with E-state index in [1.54, 1.807) is 0 Å². The van der Waals surface area contributed by atoms with E-state index in [1.807, 2.05) is 6.07 Å². The van der Waals surface area contributed by atoms with E-state index < -0.39 is 6.61 Å². The molecule has 5 aromatic rings. The molecule has 0 aliphatic carbocycles. The zero-order valence-corrected chi connectivity index (χ0v) is 13.6. The molecule has 2 nitrogen and oxygen atoms in total. The van der Waals surface area contributed by atoms with Gasteiger partial charge < -0.3 is 5.11 Å². The summed E-state index contributed by atoms with van der Waals surface area (Å²) in [7, 11) is 0. The van der Waals surface area contributed by atoms with Crippen molar-refractivity contribution in [3.63, 3.8) is 0 Å². The van der Waals surface area contributed by atoms with Crippen LogP contribution in [0.5, 0.6) is 0 Å². The first-order chi connectivity index (χ1) is 12.3. The van der Waals surface area contributed by atoms with Gasteiger partial charge in [-0.15, -0.1) is 0 Å². The molecule has 0 fully saturated rings. The van der Waals surface area contributed by atoms with E-state index in [4.69, 9.17) is 5.11 Å². The summed E-state index contributed by atoms with van der Waals surface area (Å²) in [4.78, 5) is 11.8. The van der Waals surface area contributed by atoms with Gasteiger partial charge in [-0.3, -0.25) is 4.79 Å². The summed E-state index contributed by atoms with van der Waals surface area (Å²) in [6.45, 7) is -0.412. The van der Waals surface area contributed by atoms with Crippen molar-refractivity contribution in [1.82, 2.24) is 0 Å². The fourth-order valence-corrected chi connectivity index (χ4v) is 4.13. The van der Waals surface area contributed by atoms with Gasteiger partial charge in [0.15, 0.2) is 5.78 Å². The molecule has 0 aliphatic heterocycles. The molecule has 0 saturated carbocycles. The number of aliphatic hydroxyl groups excluding tert-OH is 1. The Morgan fingerprint density at radius 1 is 0.680 bits per heavy atom. The molecule has 0 bridgehead atoms. The monoisotopic (exact) mass is 324 g/mol. The Kier molecular flexibility index (Phi) is 3.03. The Bertz CT molecular complexity index is 1220. The van der Waals surface area contributed by atoms with Crippen LogP contribution < -0.4 is 0 Å². The third kappa shape index (κ3) is 1.98. The van der Waals surface area contributed by atoms with Crippen molar-refractivity contribution in [2.75, 3.05) is 6.61 Å². The summed E-state index contributed by atoms with van der Waals surface area (Å²) < 4.78 is 0. The largest absolute Gasteiger partial charge is 0.389 e. The van der Waals surface area contributed by atoms with Gasteiger partial charge in [0.25, 0.3) is 0 Å². The predicted octanol–water partition coefficient (Wildman–Crippen LogP) is 4.84. The van der Waals surface area contributed by atoms with Crippen molar-refractivity contribution >= 4 is 48.9 Å². The topological polar surface area (TPSA) is 37.3 Å². The van der Waals surface area contributed by atoms with Crippen LogP contribution in [-0.2, 0) is 11.2 Å². The highest BCUT2D eigenvalue weighted by Gasteiger charge is 2.15. The van der Waals surface area contributed by atoms with Gasteiger partial charge in [-0.25, -0.2) is 0 Å². The highest BCUT2D eigenvalue weighted by atomic mass is 16.3. The smallest absolute Gasteiger partial charge is 0.162 e. The first kappa shape index (κ1) is 14.4. The number of carbonyl (C=O) groups excluding carboxylic acids is 1. The van der Waals surface area contributed by atoms with Gasteiger partial charge in [0.05, 0.1) is 0 Å². The summed E-state index contributed by atoms with van der Waals surface area (Å²) in [6, 6.07) is 23.3. The molecule has 0 aliphatic rings. The zero-order chi connectivity index (χ0) is 17.0. The SMILES string of the molecule is O=C(CO)Cc1ccc2c3cccc4cccc(c5cccc1c52)c43. The van der Waals surface area contributed by atoms with E-state index in [-0.39, 0.29) is 12.2 Å². The minimum Gasteiger partial charge on any atom is -0.389 e. The van der Waals surface area contributed by atoms with Crippen molar-refractivity contribution in [3.05, 3.63) is 72.3 Å². The van der Waals surface area contributed by atoms with Crippen LogP contribution in [0.25, 0.3) is 43.1 Å². The third-order valence-electron chi connectivity index (χ3n) is 5.18. The van der Waals surface area contributed by atoms with Gasteiger partial charge in [0.1, 0.15) is 6.61 Å². The maximum absolute atomic E-state index is 11.8. The predicted molar refractivity (Wildman–Crippen MR) is 103 cm³/mol. The standard InChI is InChI=1S/C23H16O2/c24-13-16(25)12-15-10-11-21-19-8-2-5-14-4-1-7-18(22(14)19)20-9-3-6-17(15)23(20)21/h1-11,24H,12-13H2. The van der Waals surface area contributed by atoms with Crippen LogP contribution in [0, 0.1) is 0 Å². The number of carbonyl (C=O) groups is 1. The van der Waals surface area contributed by atoms with E-state index in [1.165, 1.54) is 37.7 Å². The molecular weight excluding hydrogens is 308 g/mol. The molecule has 5 rings (SSSR count). The number of fused-ring (bicyclic) bond motifs is 2. The number of aliphatic hydroxyl groups is 1. The van der Waals surface area contributed by atoms with Crippen LogP contribution in [0.4, 0.5) is 0 Å². The van der Waals surface area contributed by atoms with E-state index in [9.17, 15) is 4.79 Å². The maximum Gasteiger partial charge on any atom is 0.162 e. The lowest BCUT2D eigenvalue weighted by atomic mass is 9.88. The molecule has 0 heterocycles. The van der Waals surface area contributed by atoms with Crippen LogP contribution in [0.2, 0.25) is 0 Å². The van der Waals surface area contributed by atoms with Crippen LogP contribution in [0.3, 0.4) is 0 Å². The summed E-state index contributed by atoms with van der Waals surface area (Å²) in [5, 5.41) is 18.9. The lowest BCUT2D eigenvalue weighted by molar-refractivity contribution is -0.121. The first-order valence-corrected chi connectivity index (χ1v) is 8.47. The van der Waals surface area contributed by atoms with Crippen LogP contribution in [0.15, 0.2) is 66.7 Å². The lowest BCUT2D eigenvalue weighted by Crippen LogP contribution is -2.07. The lowest BCUT2D eigenvalue weighted by Gasteiger charge is -2.16. The van der Waals surface area contributed by atoms with Crippen molar-refractivity contribution in [3.8, 4) is 0 Å². The Morgan fingerprint density at radius 3 is 1.92 bits per heavy atom. The number of benzene rings is 5. The average Bonchev–Trinajstić information content (AvgIpc) is 2.66. The Morgan fingerprint density at radius 2 is 1.24 bits per heavy atom. The number of hydrogen-bond acceptors (Lipinski definition) is 2. The number of hydrogen-bond donors (Lipinski definition) is 1. The van der Waals surface area contributed by atoms with Crippen molar-refractivity contribution in [2.45, 2.75) is 6.42 Å². The second-order valence-electron chi connectivity index (χ2n) is 6.58. The summed E-state index contributed by atoms with van der Waals surface area (Å²) in [5.74, 6) is -0.154. The zero-order valence-electron chi connectivity index (χ0n) is 13.6. The van der Waals surface area contributed by atoms with Crippen LogP contribution in [-0.4, -0.2) is 17.5 Å². The van der Waals surface area contributed by atoms with Crippen molar-refractivity contribution in [2.24, 2.45) is 0 Å². The molecule has 0 aromatic heterocycles. The normalized spacial score (nSPS) is 11.9. The quantitative estimate of drug-likeness (QED) is 0.381. The van der Waals surface area contributed by atoms with Gasteiger partial charge in [0.2, 0.25) is 0 Å². The minimum atomic E-state index is -0.412. The first-order valence-electron chi connectivity index (χ1n) is 8.47. The molecule has 2 heteroatoms. The van der Waals surface area contributed by atoms with Crippen molar-refractivity contribution in [1.29, 1.82) is 0 Å². The Hall–Kier alpha value is -2.97. The van der Waals surface area contributed by atoms with Gasteiger partial charge >= 0.3 is 0 Å². The van der Waals surface area contributed by atoms with Gasteiger partial charge in [-0.05, 0) is 48.7 Å². The maximum atomic E-state index is 11.8. The molecule has 0 saturated heterocycles. The highest BCUT2D eigenvalue weighted by Crippen LogP contribution is 2.40. The minimum absolute atomic E-state index is 0.154. The number of ketones is 1. The van der Waals surface area contributed by atoms with E-state index in [0.717, 1.165) is 10.9 Å². The average molecular weight is 324 g/mol. The van der Waals surface area contributed by atoms with E-state index >= 15 is 0 Å². The molecule has 0 amide bonds. The molecular formula is C23H16O2. The molecule has 1 N–H and O–H groups in total. The third-order valence-corrected chi connectivity index (χ3v) is 5.18. The van der Waals surface area contributed by atoms with Gasteiger partial charge in [-0.2, -0.15) is 0 Å². The summed E-state index contributed by atoms with van der Waals surface area (Å²) >= 11 is 0. The molecule has 5 aromatic carbocycles. The number of rotatable bonds is 3. The number of Topliss-reactive ketones (excluding diaryl/α,β-unsaturated/α-hetero) is 1. The molecule has 0 spiro atoms. The molecule has 120 valence electrons. The second-order valence-corrected chi connectivity index (χ2v) is 6.58. The fraction of sp³-hybridized carbons (Fsp3) is 0.0870. The fourth-order valence-electron chi connectivity index (χ4n) is 4.13. The van der Waals surface area contributed by atoms with Crippen LogP contribution in [0.1, 0.15) is 5.56 Å². The molecule has 0 radical (unpaired) electrons. The van der Waals surface area contributed by atoms with Crippen LogP contribution >= 0.6 is 0 Å². The van der Waals surface area contributed by atoms with Crippen molar-refractivity contribution < 1.29 is 9.90 Å². The molecule has 0 atom stereocenters. The van der Waals surface area contributed by atoms with Gasteiger partial charge in [-0.1, -0.05) is 66.7 Å². The summed E-state index contributed by atoms with van der Waals surface area (Å²) in [6.07, 6.45) is 0.266. The van der Waals surface area contributed by atoms with E-state index in [2.05, 4.69) is 60.7 Å². The van der Waals surface area contributed by atoms with Gasteiger partial charge in [0, 0.05) is 6.42 Å². The summed E-state index contributed by atoms with van der Waals surface area (Å²) in [5.41, 5.74) is 0.978. The molecule has 0 unspecified atom stereocenters. The Labute approximate surface area is 144 Å². The van der Waals surface area contributed by atoms with E-state index in [0.29, 0.717) is 0 Å².